The number of aliphatic hydroxyl groups excluding tert-OH is 2. The maximum Gasteiger partial charge on any atom is 0.305 e. The number of esters is 1. The fraction of sp³-hybridized carbons (Fsp3) is 0.965. The van der Waals surface area contributed by atoms with E-state index in [1.165, 1.54) is 238 Å². The van der Waals surface area contributed by atoms with Gasteiger partial charge in [-0.25, -0.2) is 0 Å². The van der Waals surface area contributed by atoms with Gasteiger partial charge < -0.3 is 20.3 Å². The molecule has 0 aromatic rings. The molecular formula is C57H113NO5. The Bertz CT molecular complexity index is 898. The highest BCUT2D eigenvalue weighted by Crippen LogP contribution is 2.18. The second-order valence-corrected chi connectivity index (χ2v) is 20.0. The lowest BCUT2D eigenvalue weighted by Gasteiger charge is -2.22. The Morgan fingerprint density at radius 1 is 0.381 bits per heavy atom. The van der Waals surface area contributed by atoms with Crippen molar-refractivity contribution >= 4 is 11.9 Å². The molecule has 376 valence electrons. The number of hydrogen-bond acceptors (Lipinski definition) is 5. The summed E-state index contributed by atoms with van der Waals surface area (Å²) in [5.41, 5.74) is 0. The number of hydrogen-bond donors (Lipinski definition) is 3. The molecule has 0 saturated heterocycles. The van der Waals surface area contributed by atoms with E-state index in [0.717, 1.165) is 57.8 Å². The topological polar surface area (TPSA) is 95.9 Å². The Kier molecular flexibility index (Phi) is 52.5. The number of unbranched alkanes of at least 4 members (excludes halogenated alkanes) is 43. The van der Waals surface area contributed by atoms with E-state index < -0.39 is 12.1 Å². The van der Waals surface area contributed by atoms with Crippen LogP contribution in [0.4, 0.5) is 0 Å². The summed E-state index contributed by atoms with van der Waals surface area (Å²) in [5.74, 6) is -0.0593. The van der Waals surface area contributed by atoms with Crippen LogP contribution in [0.15, 0.2) is 0 Å². The molecule has 0 aliphatic heterocycles. The standard InChI is InChI=1S/C57H113NO5/c1-3-5-7-9-11-13-15-17-19-20-21-22-23-24-25-26-29-33-37-41-45-49-55(60)54(53-59)58-56(61)50-46-42-38-34-30-28-32-36-40-44-48-52-63-57(62)51-47-43-39-35-31-27-18-16-14-12-10-8-6-4-2/h54-55,59-60H,3-53H2,1-2H3,(H,58,61). The lowest BCUT2D eigenvalue weighted by molar-refractivity contribution is -0.143. The van der Waals surface area contributed by atoms with Crippen molar-refractivity contribution in [1.82, 2.24) is 5.32 Å². The molecule has 3 N–H and O–H groups in total. The van der Waals surface area contributed by atoms with Crippen LogP contribution in [0.3, 0.4) is 0 Å². The summed E-state index contributed by atoms with van der Waals surface area (Å²) in [6, 6.07) is -0.554. The van der Waals surface area contributed by atoms with Crippen LogP contribution < -0.4 is 5.32 Å². The van der Waals surface area contributed by atoms with Gasteiger partial charge in [0.15, 0.2) is 0 Å². The van der Waals surface area contributed by atoms with E-state index in [1.807, 2.05) is 0 Å². The minimum absolute atomic E-state index is 0.00994. The third-order valence-corrected chi connectivity index (χ3v) is 13.7. The molecule has 2 unspecified atom stereocenters. The summed E-state index contributed by atoms with van der Waals surface area (Å²) in [6.07, 6.45) is 60.8. The Hall–Kier alpha value is -1.14. The zero-order valence-electron chi connectivity index (χ0n) is 42.8. The molecule has 0 spiro atoms. The minimum Gasteiger partial charge on any atom is -0.466 e. The average Bonchev–Trinajstić information content (AvgIpc) is 3.28. The SMILES string of the molecule is CCCCCCCCCCCCCCCCCCCCCCCC(O)C(CO)NC(=O)CCCCCCCCCCCCCOC(=O)CCCCCCCCCCCCCCCC. The normalized spacial score (nSPS) is 12.5. The van der Waals surface area contributed by atoms with Gasteiger partial charge in [0.2, 0.25) is 5.91 Å². The zero-order valence-corrected chi connectivity index (χ0v) is 42.8. The van der Waals surface area contributed by atoms with Gasteiger partial charge in [0.25, 0.3) is 0 Å². The van der Waals surface area contributed by atoms with E-state index in [-0.39, 0.29) is 18.5 Å². The average molecular weight is 893 g/mol. The first-order valence-electron chi connectivity index (χ1n) is 28.8. The van der Waals surface area contributed by atoms with E-state index in [1.54, 1.807) is 0 Å². The van der Waals surface area contributed by atoms with E-state index in [9.17, 15) is 19.8 Å². The molecule has 0 radical (unpaired) electrons. The van der Waals surface area contributed by atoms with Crippen molar-refractivity contribution in [3.05, 3.63) is 0 Å². The molecule has 6 nitrogen and oxygen atoms in total. The maximum absolute atomic E-state index is 12.5. The van der Waals surface area contributed by atoms with Crippen molar-refractivity contribution in [3.63, 3.8) is 0 Å². The molecule has 0 aromatic carbocycles. The van der Waals surface area contributed by atoms with Gasteiger partial charge >= 0.3 is 5.97 Å². The highest BCUT2D eigenvalue weighted by atomic mass is 16.5. The molecule has 0 aliphatic rings. The first-order chi connectivity index (χ1) is 31.0. The van der Waals surface area contributed by atoms with Crippen LogP contribution in [0.25, 0.3) is 0 Å². The predicted molar refractivity (Wildman–Crippen MR) is 274 cm³/mol. The highest BCUT2D eigenvalue weighted by Gasteiger charge is 2.20. The number of nitrogens with one attached hydrogen (secondary N) is 1. The van der Waals surface area contributed by atoms with Gasteiger partial charge in [-0.3, -0.25) is 9.59 Å². The quantitative estimate of drug-likeness (QED) is 0.0418. The first-order valence-corrected chi connectivity index (χ1v) is 28.8. The highest BCUT2D eigenvalue weighted by molar-refractivity contribution is 5.76. The lowest BCUT2D eigenvalue weighted by Crippen LogP contribution is -2.45. The summed E-state index contributed by atoms with van der Waals surface area (Å²) in [5, 5.41) is 23.3. The van der Waals surface area contributed by atoms with Crippen LogP contribution in [0.5, 0.6) is 0 Å². The van der Waals surface area contributed by atoms with Crippen LogP contribution >= 0.6 is 0 Å². The number of aliphatic hydroxyl groups is 2. The van der Waals surface area contributed by atoms with Crippen LogP contribution in [0.2, 0.25) is 0 Å². The maximum atomic E-state index is 12.5. The van der Waals surface area contributed by atoms with Crippen LogP contribution in [0.1, 0.15) is 328 Å². The number of carbonyl (C=O) groups is 2. The summed E-state index contributed by atoms with van der Waals surface area (Å²) in [4.78, 5) is 24.5. The van der Waals surface area contributed by atoms with Gasteiger partial charge in [-0.1, -0.05) is 290 Å². The van der Waals surface area contributed by atoms with Crippen molar-refractivity contribution in [2.75, 3.05) is 13.2 Å². The third-order valence-electron chi connectivity index (χ3n) is 13.7. The van der Waals surface area contributed by atoms with Gasteiger partial charge in [-0.05, 0) is 25.7 Å². The van der Waals surface area contributed by atoms with Gasteiger partial charge in [0, 0.05) is 12.8 Å². The zero-order chi connectivity index (χ0) is 45.8. The smallest absolute Gasteiger partial charge is 0.305 e. The molecule has 2 atom stereocenters. The van der Waals surface area contributed by atoms with Gasteiger partial charge in [0.05, 0.1) is 25.4 Å². The molecule has 1 amide bonds. The van der Waals surface area contributed by atoms with E-state index in [2.05, 4.69) is 19.2 Å². The van der Waals surface area contributed by atoms with Crippen molar-refractivity contribution in [3.8, 4) is 0 Å². The Balaban J connectivity index is 3.44. The lowest BCUT2D eigenvalue weighted by atomic mass is 10.0. The van der Waals surface area contributed by atoms with Crippen LogP contribution in [-0.2, 0) is 14.3 Å². The minimum atomic E-state index is -0.676. The molecule has 63 heavy (non-hydrogen) atoms. The van der Waals surface area contributed by atoms with Gasteiger partial charge in [0.1, 0.15) is 0 Å². The number of amides is 1. The third kappa shape index (κ3) is 50.1. The van der Waals surface area contributed by atoms with E-state index in [4.69, 9.17) is 4.74 Å². The number of rotatable bonds is 54. The van der Waals surface area contributed by atoms with Crippen molar-refractivity contribution < 1.29 is 24.5 Å². The van der Waals surface area contributed by atoms with Crippen molar-refractivity contribution in [1.29, 1.82) is 0 Å². The Morgan fingerprint density at radius 3 is 0.968 bits per heavy atom. The molecule has 0 bridgehead atoms. The summed E-state index contributed by atoms with van der Waals surface area (Å²) in [6.45, 7) is 4.94. The second kappa shape index (κ2) is 53.5. The summed E-state index contributed by atoms with van der Waals surface area (Å²) in [7, 11) is 0. The van der Waals surface area contributed by atoms with E-state index in [0.29, 0.717) is 25.9 Å². The molecule has 0 fully saturated rings. The molecule has 0 aromatic heterocycles. The number of carbonyl (C=O) groups excluding carboxylic acids is 2. The van der Waals surface area contributed by atoms with Gasteiger partial charge in [-0.2, -0.15) is 0 Å². The Labute approximate surface area is 394 Å². The van der Waals surface area contributed by atoms with E-state index >= 15 is 0 Å². The monoisotopic (exact) mass is 892 g/mol. The summed E-state index contributed by atoms with van der Waals surface area (Å²) < 4.78 is 5.47. The van der Waals surface area contributed by atoms with Crippen molar-refractivity contribution in [2.24, 2.45) is 0 Å². The second-order valence-electron chi connectivity index (χ2n) is 20.0. The largest absolute Gasteiger partial charge is 0.466 e. The first kappa shape index (κ1) is 61.9. The van der Waals surface area contributed by atoms with Crippen LogP contribution in [-0.4, -0.2) is 47.4 Å². The fourth-order valence-corrected chi connectivity index (χ4v) is 9.23. The molecule has 6 heteroatoms. The molecule has 0 saturated carbocycles. The number of ether oxygens (including phenoxy) is 1. The molecule has 0 aliphatic carbocycles. The Morgan fingerprint density at radius 2 is 0.651 bits per heavy atom. The van der Waals surface area contributed by atoms with Crippen LogP contribution in [0, 0.1) is 0 Å². The fourth-order valence-electron chi connectivity index (χ4n) is 9.23. The summed E-state index contributed by atoms with van der Waals surface area (Å²) >= 11 is 0. The van der Waals surface area contributed by atoms with Crippen molar-refractivity contribution in [2.45, 2.75) is 341 Å². The molecule has 0 heterocycles. The van der Waals surface area contributed by atoms with Gasteiger partial charge in [-0.15, -0.1) is 0 Å². The molecular weight excluding hydrogens is 779 g/mol. The molecule has 0 rings (SSSR count). The predicted octanol–water partition coefficient (Wildman–Crippen LogP) is 17.5.